The third-order valence-electron chi connectivity index (χ3n) is 4.30. The first-order valence-electron chi connectivity index (χ1n) is 7.53. The van der Waals surface area contributed by atoms with Crippen LogP contribution < -0.4 is 15.9 Å². The van der Waals surface area contributed by atoms with Crippen LogP contribution in [0.4, 0.5) is 11.8 Å². The van der Waals surface area contributed by atoms with E-state index in [4.69, 9.17) is 10.5 Å². The van der Waals surface area contributed by atoms with Gasteiger partial charge in [-0.3, -0.25) is 4.79 Å². The Morgan fingerprint density at radius 2 is 2.17 bits per heavy atom. The van der Waals surface area contributed by atoms with Crippen LogP contribution in [0.3, 0.4) is 0 Å². The van der Waals surface area contributed by atoms with Gasteiger partial charge in [0.1, 0.15) is 16.9 Å². The van der Waals surface area contributed by atoms with Crippen molar-refractivity contribution in [3.05, 3.63) is 9.67 Å². The minimum atomic E-state index is -1.80. The number of thiazole rings is 1. The monoisotopic (exact) mass is 355 g/mol. The van der Waals surface area contributed by atoms with Gasteiger partial charge in [0, 0.05) is 6.04 Å². The zero-order chi connectivity index (χ0) is 17.1. The van der Waals surface area contributed by atoms with E-state index in [2.05, 4.69) is 15.3 Å². The number of ether oxygens (including phenoxy) is 1. The van der Waals surface area contributed by atoms with E-state index < -0.39 is 29.4 Å². The highest BCUT2D eigenvalue weighted by molar-refractivity contribution is 7.17. The van der Waals surface area contributed by atoms with Gasteiger partial charge in [-0.05, 0) is 12.8 Å². The Morgan fingerprint density at radius 3 is 2.75 bits per heavy atom. The molecule has 130 valence electrons. The maximum absolute atomic E-state index is 12.6. The van der Waals surface area contributed by atoms with Gasteiger partial charge in [0.25, 0.3) is 0 Å². The van der Waals surface area contributed by atoms with E-state index in [-0.39, 0.29) is 24.2 Å². The molecule has 3 atom stereocenters. The Balaban J connectivity index is 1.94. The van der Waals surface area contributed by atoms with Crippen LogP contribution >= 0.6 is 11.3 Å². The smallest absolute Gasteiger partial charge is 0.312 e. The zero-order valence-electron chi connectivity index (χ0n) is 12.5. The lowest BCUT2D eigenvalue weighted by molar-refractivity contribution is -0.150. The van der Waals surface area contributed by atoms with Crippen molar-refractivity contribution in [2.24, 2.45) is 0 Å². The molecule has 0 radical (unpaired) electrons. The SMILES string of the molecule is Nc1nc(NC2CC2)c2sc(=O)n([C@@]3(CO)OC[C@H](O)[C@@H]3O)c2n1. The number of aliphatic hydroxyl groups is 3. The third kappa shape index (κ3) is 2.20. The van der Waals surface area contributed by atoms with Crippen molar-refractivity contribution in [3.8, 4) is 0 Å². The van der Waals surface area contributed by atoms with Gasteiger partial charge in [-0.15, -0.1) is 0 Å². The molecule has 3 heterocycles. The molecule has 0 unspecified atom stereocenters. The fourth-order valence-electron chi connectivity index (χ4n) is 2.89. The number of aromatic nitrogens is 3. The van der Waals surface area contributed by atoms with Crippen molar-refractivity contribution in [1.29, 1.82) is 0 Å². The van der Waals surface area contributed by atoms with Crippen LogP contribution in [0.2, 0.25) is 0 Å². The molecular formula is C13H17N5O5S. The Labute approximate surface area is 139 Å². The number of hydrogen-bond donors (Lipinski definition) is 5. The van der Waals surface area contributed by atoms with Crippen molar-refractivity contribution in [3.63, 3.8) is 0 Å². The summed E-state index contributed by atoms with van der Waals surface area (Å²) in [5.41, 5.74) is 4.11. The summed E-state index contributed by atoms with van der Waals surface area (Å²) in [6.45, 7) is -0.911. The van der Waals surface area contributed by atoms with Gasteiger partial charge in [0.15, 0.2) is 11.5 Å². The maximum Gasteiger partial charge on any atom is 0.312 e. The minimum Gasteiger partial charge on any atom is -0.391 e. The number of fused-ring (bicyclic) bond motifs is 1. The fraction of sp³-hybridized carbons (Fsp3) is 0.615. The van der Waals surface area contributed by atoms with Crippen LogP contribution in [0.1, 0.15) is 12.8 Å². The minimum absolute atomic E-state index is 0.0432. The Hall–Kier alpha value is -1.79. The van der Waals surface area contributed by atoms with Crippen molar-refractivity contribution >= 4 is 33.5 Å². The van der Waals surface area contributed by atoms with E-state index in [1.54, 1.807) is 0 Å². The predicted octanol–water partition coefficient (Wildman–Crippen LogP) is -1.59. The fourth-order valence-corrected chi connectivity index (χ4v) is 3.82. The summed E-state index contributed by atoms with van der Waals surface area (Å²) < 4.78 is 6.94. The lowest BCUT2D eigenvalue weighted by atomic mass is 10.1. The van der Waals surface area contributed by atoms with Gasteiger partial charge in [-0.1, -0.05) is 11.3 Å². The van der Waals surface area contributed by atoms with E-state index in [0.29, 0.717) is 10.5 Å². The maximum atomic E-state index is 12.6. The van der Waals surface area contributed by atoms with Gasteiger partial charge in [0.05, 0.1) is 13.2 Å². The molecule has 2 aliphatic rings. The summed E-state index contributed by atoms with van der Waals surface area (Å²) in [6, 6.07) is 0.287. The molecule has 2 aromatic rings. The number of anilines is 2. The van der Waals surface area contributed by atoms with Crippen LogP contribution in [-0.4, -0.2) is 61.3 Å². The third-order valence-corrected chi connectivity index (χ3v) is 5.24. The highest BCUT2D eigenvalue weighted by atomic mass is 32.1. The van der Waals surface area contributed by atoms with Crippen LogP contribution in [0, 0.1) is 0 Å². The molecule has 6 N–H and O–H groups in total. The first-order valence-corrected chi connectivity index (χ1v) is 8.35. The topological polar surface area (TPSA) is 156 Å². The van der Waals surface area contributed by atoms with E-state index in [1.807, 2.05) is 0 Å². The van der Waals surface area contributed by atoms with Gasteiger partial charge < -0.3 is 31.1 Å². The lowest BCUT2D eigenvalue weighted by Crippen LogP contribution is -2.51. The summed E-state index contributed by atoms with van der Waals surface area (Å²) in [7, 11) is 0. The Morgan fingerprint density at radius 1 is 1.42 bits per heavy atom. The molecule has 1 aliphatic heterocycles. The lowest BCUT2D eigenvalue weighted by Gasteiger charge is -2.30. The molecule has 10 nitrogen and oxygen atoms in total. The van der Waals surface area contributed by atoms with E-state index in [0.717, 1.165) is 28.7 Å². The molecule has 0 amide bonds. The molecule has 4 rings (SSSR count). The number of nitrogens with one attached hydrogen (secondary N) is 1. The molecule has 0 bridgehead atoms. The average Bonchev–Trinajstić information content (AvgIpc) is 3.24. The normalized spacial score (nSPS) is 30.1. The number of nitrogens with two attached hydrogens (primary N) is 1. The molecule has 2 aromatic heterocycles. The second kappa shape index (κ2) is 5.36. The first kappa shape index (κ1) is 15.7. The van der Waals surface area contributed by atoms with Gasteiger partial charge >= 0.3 is 4.87 Å². The second-order valence-electron chi connectivity index (χ2n) is 6.03. The molecule has 1 saturated carbocycles. The molecule has 1 aliphatic carbocycles. The van der Waals surface area contributed by atoms with E-state index in [1.165, 1.54) is 0 Å². The molecule has 24 heavy (non-hydrogen) atoms. The van der Waals surface area contributed by atoms with Crippen LogP contribution in [0.15, 0.2) is 4.79 Å². The molecule has 0 aromatic carbocycles. The van der Waals surface area contributed by atoms with Crippen LogP contribution in [-0.2, 0) is 10.5 Å². The zero-order valence-corrected chi connectivity index (χ0v) is 13.4. The van der Waals surface area contributed by atoms with Crippen LogP contribution in [0.5, 0.6) is 0 Å². The highest BCUT2D eigenvalue weighted by Gasteiger charge is 2.52. The molecule has 1 saturated heterocycles. The number of nitrogen functional groups attached to an aromatic ring is 1. The largest absolute Gasteiger partial charge is 0.391 e. The van der Waals surface area contributed by atoms with Gasteiger partial charge in [-0.25, -0.2) is 4.57 Å². The summed E-state index contributed by atoms with van der Waals surface area (Å²) in [5.74, 6) is 0.403. The summed E-state index contributed by atoms with van der Waals surface area (Å²) >= 11 is 0.868. The standard InChI is InChI=1S/C13H17N5O5S/c14-11-16-9(15-5-1-2-5)7-10(17-11)18(12(22)24-7)13(4-19)8(21)6(20)3-23-13/h5-6,8,19-21H,1-4H2,(H3,14,15,16,17)/t6-,8-,13-/m0/s1. The van der Waals surface area contributed by atoms with Crippen molar-refractivity contribution in [2.45, 2.75) is 36.8 Å². The number of hydrogen-bond acceptors (Lipinski definition) is 10. The van der Waals surface area contributed by atoms with Crippen molar-refractivity contribution in [1.82, 2.24) is 14.5 Å². The average molecular weight is 355 g/mol. The van der Waals surface area contributed by atoms with Crippen molar-refractivity contribution < 1.29 is 20.1 Å². The number of aliphatic hydroxyl groups excluding tert-OH is 3. The van der Waals surface area contributed by atoms with Gasteiger partial charge in [-0.2, -0.15) is 9.97 Å². The molecule has 0 spiro atoms. The van der Waals surface area contributed by atoms with E-state index >= 15 is 0 Å². The summed E-state index contributed by atoms with van der Waals surface area (Å²) in [5, 5.41) is 33.1. The molecule has 2 fully saturated rings. The Bertz CT molecular complexity index is 849. The van der Waals surface area contributed by atoms with E-state index in [9.17, 15) is 20.1 Å². The number of nitrogens with zero attached hydrogens (tertiary/aromatic N) is 3. The molecular weight excluding hydrogens is 338 g/mol. The first-order chi connectivity index (χ1) is 11.5. The molecule has 11 heteroatoms. The van der Waals surface area contributed by atoms with Crippen molar-refractivity contribution in [2.75, 3.05) is 24.3 Å². The highest BCUT2D eigenvalue weighted by Crippen LogP contribution is 2.36. The summed E-state index contributed by atoms with van der Waals surface area (Å²) in [4.78, 5) is 20.3. The second-order valence-corrected chi connectivity index (χ2v) is 6.99. The Kier molecular flexibility index (Phi) is 3.51. The predicted molar refractivity (Wildman–Crippen MR) is 85.8 cm³/mol. The number of rotatable bonds is 4. The van der Waals surface area contributed by atoms with Crippen LogP contribution in [0.25, 0.3) is 10.3 Å². The summed E-state index contributed by atoms with van der Waals surface area (Å²) in [6.07, 6.45) is -0.679. The quantitative estimate of drug-likeness (QED) is 0.436. The van der Waals surface area contributed by atoms with Gasteiger partial charge in [0.2, 0.25) is 11.7 Å².